The van der Waals surface area contributed by atoms with Crippen molar-refractivity contribution in [2.45, 2.75) is 39.7 Å². The second-order valence-corrected chi connectivity index (χ2v) is 4.90. The Labute approximate surface area is 102 Å². The van der Waals surface area contributed by atoms with E-state index in [4.69, 9.17) is 0 Å². The molecule has 0 radical (unpaired) electrons. The fraction of sp³-hybridized carbons (Fsp3) is 0.583. The third-order valence-electron chi connectivity index (χ3n) is 1.91. The Morgan fingerprint density at radius 2 is 2.12 bits per heavy atom. The summed E-state index contributed by atoms with van der Waals surface area (Å²) in [5, 5.41) is 5.91. The third-order valence-corrected chi connectivity index (χ3v) is 1.91. The van der Waals surface area contributed by atoms with Crippen LogP contribution in [0.2, 0.25) is 0 Å². The summed E-state index contributed by atoms with van der Waals surface area (Å²) in [6.45, 7) is 8.71. The second kappa shape index (κ2) is 5.61. The van der Waals surface area contributed by atoms with E-state index >= 15 is 0 Å². The summed E-state index contributed by atoms with van der Waals surface area (Å²) >= 11 is 0. The van der Waals surface area contributed by atoms with Crippen LogP contribution in [0.4, 0.5) is 5.95 Å². The lowest BCUT2D eigenvalue weighted by Crippen LogP contribution is -2.29. The zero-order chi connectivity index (χ0) is 12.9. The van der Waals surface area contributed by atoms with Crippen molar-refractivity contribution in [2.75, 3.05) is 11.9 Å². The molecule has 1 amide bonds. The summed E-state index contributed by atoms with van der Waals surface area (Å²) in [6.07, 6.45) is 2.49. The van der Waals surface area contributed by atoms with Crippen molar-refractivity contribution in [2.24, 2.45) is 0 Å². The fourth-order valence-electron chi connectivity index (χ4n) is 1.21. The Morgan fingerprint density at radius 1 is 1.41 bits per heavy atom. The Balaban J connectivity index is 2.75. The van der Waals surface area contributed by atoms with E-state index in [9.17, 15) is 4.79 Å². The Kier molecular flexibility index (Phi) is 4.43. The van der Waals surface area contributed by atoms with E-state index in [0.717, 1.165) is 6.42 Å². The first-order chi connectivity index (χ1) is 7.92. The van der Waals surface area contributed by atoms with Crippen molar-refractivity contribution >= 4 is 11.9 Å². The van der Waals surface area contributed by atoms with Gasteiger partial charge in [0.15, 0.2) is 0 Å². The van der Waals surface area contributed by atoms with Gasteiger partial charge in [-0.15, -0.1) is 0 Å². The fourth-order valence-corrected chi connectivity index (χ4v) is 1.21. The van der Waals surface area contributed by atoms with Gasteiger partial charge in [0.05, 0.1) is 0 Å². The second-order valence-electron chi connectivity index (χ2n) is 4.90. The first-order valence-corrected chi connectivity index (χ1v) is 5.82. The van der Waals surface area contributed by atoms with E-state index in [2.05, 4.69) is 20.6 Å². The molecule has 0 atom stereocenters. The molecule has 1 aromatic heterocycles. The van der Waals surface area contributed by atoms with E-state index in [1.165, 1.54) is 0 Å². The van der Waals surface area contributed by atoms with Gasteiger partial charge in [0, 0.05) is 18.3 Å². The zero-order valence-electron chi connectivity index (χ0n) is 10.9. The van der Waals surface area contributed by atoms with Crippen LogP contribution >= 0.6 is 0 Å². The van der Waals surface area contributed by atoms with Crippen LogP contribution in [-0.4, -0.2) is 28.0 Å². The normalized spacial score (nSPS) is 11.1. The van der Waals surface area contributed by atoms with Crippen molar-refractivity contribution in [3.8, 4) is 0 Å². The number of anilines is 1. The maximum absolute atomic E-state index is 11.7. The van der Waals surface area contributed by atoms with Crippen LogP contribution in [0.1, 0.15) is 44.6 Å². The van der Waals surface area contributed by atoms with E-state index < -0.39 is 0 Å². The average Bonchev–Trinajstić information content (AvgIpc) is 2.24. The number of hydrogen-bond donors (Lipinski definition) is 2. The molecule has 0 saturated heterocycles. The molecule has 0 aliphatic heterocycles. The van der Waals surface area contributed by atoms with Gasteiger partial charge in [-0.3, -0.25) is 4.79 Å². The summed E-state index contributed by atoms with van der Waals surface area (Å²) in [4.78, 5) is 20.0. The number of nitrogens with zero attached hydrogens (tertiary/aromatic N) is 2. The molecule has 0 aliphatic rings. The molecule has 17 heavy (non-hydrogen) atoms. The summed E-state index contributed by atoms with van der Waals surface area (Å²) < 4.78 is 0. The van der Waals surface area contributed by atoms with Crippen molar-refractivity contribution in [1.29, 1.82) is 0 Å². The maximum atomic E-state index is 11.7. The summed E-state index contributed by atoms with van der Waals surface area (Å²) in [7, 11) is 0. The number of aromatic nitrogens is 2. The molecule has 0 fully saturated rings. The van der Waals surface area contributed by atoms with Crippen LogP contribution in [0.25, 0.3) is 0 Å². The van der Waals surface area contributed by atoms with Crippen LogP contribution in [0.3, 0.4) is 0 Å². The summed E-state index contributed by atoms with van der Waals surface area (Å²) in [6, 6.07) is 1.61. The highest BCUT2D eigenvalue weighted by Gasteiger charge is 2.13. The Bertz CT molecular complexity index is 384. The van der Waals surface area contributed by atoms with E-state index in [1.54, 1.807) is 12.3 Å². The minimum Gasteiger partial charge on any atom is -0.351 e. The minimum atomic E-state index is -0.161. The smallest absolute Gasteiger partial charge is 0.270 e. The minimum absolute atomic E-state index is 0.126. The highest BCUT2D eigenvalue weighted by molar-refractivity contribution is 5.92. The van der Waals surface area contributed by atoms with Crippen molar-refractivity contribution in [3.63, 3.8) is 0 Å². The van der Waals surface area contributed by atoms with Crippen molar-refractivity contribution in [1.82, 2.24) is 15.3 Å². The number of hydrogen-bond acceptors (Lipinski definition) is 4. The Hall–Kier alpha value is -1.65. The number of nitrogens with one attached hydrogen (secondary N) is 2. The van der Waals surface area contributed by atoms with Crippen LogP contribution in [0.5, 0.6) is 0 Å². The summed E-state index contributed by atoms with van der Waals surface area (Å²) in [5.41, 5.74) is 0.263. The zero-order valence-corrected chi connectivity index (χ0v) is 10.9. The van der Waals surface area contributed by atoms with Crippen LogP contribution in [0.15, 0.2) is 12.3 Å². The molecule has 0 bridgehead atoms. The first-order valence-electron chi connectivity index (χ1n) is 5.82. The first kappa shape index (κ1) is 13.4. The van der Waals surface area contributed by atoms with Gasteiger partial charge >= 0.3 is 0 Å². The summed E-state index contributed by atoms with van der Waals surface area (Å²) in [5.74, 6) is 0.313. The third kappa shape index (κ3) is 4.80. The molecule has 0 spiro atoms. The van der Waals surface area contributed by atoms with Gasteiger partial charge in [0.2, 0.25) is 5.95 Å². The average molecular weight is 236 g/mol. The van der Waals surface area contributed by atoms with Crippen LogP contribution < -0.4 is 10.6 Å². The van der Waals surface area contributed by atoms with Gasteiger partial charge in [-0.2, -0.15) is 0 Å². The molecule has 0 aliphatic carbocycles. The van der Waals surface area contributed by atoms with Gasteiger partial charge in [-0.25, -0.2) is 9.97 Å². The van der Waals surface area contributed by atoms with Crippen molar-refractivity contribution < 1.29 is 4.79 Å². The number of carbonyl (C=O) groups excluding carboxylic acids is 1. The molecule has 5 nitrogen and oxygen atoms in total. The molecule has 5 heteroatoms. The van der Waals surface area contributed by atoms with Crippen molar-refractivity contribution in [3.05, 3.63) is 18.0 Å². The van der Waals surface area contributed by atoms with Gasteiger partial charge < -0.3 is 10.6 Å². The van der Waals surface area contributed by atoms with E-state index in [1.807, 2.05) is 27.7 Å². The number of rotatable bonds is 4. The molecule has 0 saturated carbocycles. The quantitative estimate of drug-likeness (QED) is 0.837. The number of amides is 1. The predicted molar refractivity (Wildman–Crippen MR) is 68.0 cm³/mol. The molecule has 1 aromatic rings. The highest BCUT2D eigenvalue weighted by atomic mass is 16.1. The van der Waals surface area contributed by atoms with Gasteiger partial charge in [-0.1, -0.05) is 6.92 Å². The molecular weight excluding hydrogens is 216 g/mol. The van der Waals surface area contributed by atoms with Crippen LogP contribution in [-0.2, 0) is 0 Å². The Morgan fingerprint density at radius 3 is 2.71 bits per heavy atom. The SMILES string of the molecule is CCCNC(=O)c1ccnc(NC(C)(C)C)n1. The largest absolute Gasteiger partial charge is 0.351 e. The lowest BCUT2D eigenvalue weighted by atomic mass is 10.1. The molecule has 1 heterocycles. The van der Waals surface area contributed by atoms with E-state index in [0.29, 0.717) is 18.2 Å². The standard InChI is InChI=1S/C12H20N4O/c1-5-7-13-10(17)9-6-8-14-11(15-9)16-12(2,3)4/h6,8H,5,7H2,1-4H3,(H,13,17)(H,14,15,16). The topological polar surface area (TPSA) is 66.9 Å². The van der Waals surface area contributed by atoms with Gasteiger partial charge in [-0.05, 0) is 33.3 Å². The molecule has 94 valence electrons. The molecular formula is C12H20N4O. The highest BCUT2D eigenvalue weighted by Crippen LogP contribution is 2.09. The molecule has 1 rings (SSSR count). The predicted octanol–water partition coefficient (Wildman–Crippen LogP) is 1.83. The molecule has 0 aromatic carbocycles. The monoisotopic (exact) mass is 236 g/mol. The molecule has 2 N–H and O–H groups in total. The number of carbonyl (C=O) groups is 1. The maximum Gasteiger partial charge on any atom is 0.270 e. The van der Waals surface area contributed by atoms with Crippen LogP contribution in [0, 0.1) is 0 Å². The van der Waals surface area contributed by atoms with Gasteiger partial charge in [0.1, 0.15) is 5.69 Å². The van der Waals surface area contributed by atoms with E-state index in [-0.39, 0.29) is 11.4 Å². The lowest BCUT2D eigenvalue weighted by molar-refractivity contribution is 0.0948. The molecule has 0 unspecified atom stereocenters. The lowest BCUT2D eigenvalue weighted by Gasteiger charge is -2.20. The van der Waals surface area contributed by atoms with Gasteiger partial charge in [0.25, 0.3) is 5.91 Å².